The molecule has 2 aliphatic carbocycles. The third-order valence-corrected chi connectivity index (χ3v) is 7.04. The molecule has 0 aromatic carbocycles. The highest BCUT2D eigenvalue weighted by molar-refractivity contribution is 5.73. The number of ether oxygens (including phenoxy) is 4. The quantitative estimate of drug-likeness (QED) is 0.259. The van der Waals surface area contributed by atoms with E-state index in [0.717, 1.165) is 18.3 Å². The summed E-state index contributed by atoms with van der Waals surface area (Å²) in [5.74, 6) is 1.24. The number of rotatable bonds is 11. The zero-order chi connectivity index (χ0) is 28.7. The number of hydrogen-bond acceptors (Lipinski definition) is 7. The van der Waals surface area contributed by atoms with Crippen molar-refractivity contribution in [1.29, 1.82) is 0 Å². The Morgan fingerprint density at radius 3 is 1.71 bits per heavy atom. The van der Waals surface area contributed by atoms with E-state index in [9.17, 15) is 14.4 Å². The molecular weight excluding hydrogens is 488 g/mol. The molecule has 220 valence electrons. The Balaban J connectivity index is 1.93. The van der Waals surface area contributed by atoms with Gasteiger partial charge in [-0.25, -0.2) is 9.59 Å². The van der Waals surface area contributed by atoms with Crippen LogP contribution in [0.5, 0.6) is 0 Å². The fourth-order valence-electron chi connectivity index (χ4n) is 5.44. The van der Waals surface area contributed by atoms with Gasteiger partial charge in [0.15, 0.2) is 0 Å². The first-order valence-electron chi connectivity index (χ1n) is 14.3. The van der Waals surface area contributed by atoms with Gasteiger partial charge in [-0.2, -0.15) is 0 Å². The Hall–Kier alpha value is -2.03. The van der Waals surface area contributed by atoms with Gasteiger partial charge in [0.25, 0.3) is 0 Å². The minimum Gasteiger partial charge on any atom is -0.463 e. The summed E-state index contributed by atoms with van der Waals surface area (Å²) in [5, 5.41) is 5.50. The van der Waals surface area contributed by atoms with Crippen molar-refractivity contribution in [3.8, 4) is 0 Å². The number of fused-ring (bicyclic) bond motifs is 2. The molecule has 0 heterocycles. The van der Waals surface area contributed by atoms with Gasteiger partial charge < -0.3 is 29.6 Å². The van der Waals surface area contributed by atoms with Crippen molar-refractivity contribution in [2.24, 2.45) is 23.7 Å². The number of carbonyl (C=O) groups is 3. The van der Waals surface area contributed by atoms with Crippen LogP contribution < -0.4 is 10.6 Å². The summed E-state index contributed by atoms with van der Waals surface area (Å²) in [6.45, 7) is 16.6. The van der Waals surface area contributed by atoms with Crippen LogP contribution in [0.3, 0.4) is 0 Å². The normalized spacial score (nSPS) is 24.5. The first-order chi connectivity index (χ1) is 17.5. The number of alkyl carbamates (subject to hydrolysis) is 2. The number of nitrogens with one attached hydrogen (secondary N) is 2. The Kier molecular flexibility index (Phi) is 11.7. The Bertz CT molecular complexity index is 777. The van der Waals surface area contributed by atoms with Crippen molar-refractivity contribution in [1.82, 2.24) is 10.6 Å². The smallest absolute Gasteiger partial charge is 0.407 e. The van der Waals surface area contributed by atoms with Crippen LogP contribution in [0.4, 0.5) is 9.59 Å². The topological polar surface area (TPSA) is 112 Å². The van der Waals surface area contributed by atoms with Crippen LogP contribution in [-0.4, -0.2) is 60.8 Å². The maximum Gasteiger partial charge on any atom is 0.407 e. The molecule has 2 N–H and O–H groups in total. The van der Waals surface area contributed by atoms with Crippen molar-refractivity contribution in [2.45, 2.75) is 130 Å². The molecule has 2 amide bonds. The van der Waals surface area contributed by atoms with Crippen LogP contribution in [-0.2, 0) is 23.7 Å². The molecule has 0 unspecified atom stereocenters. The number of carbonyl (C=O) groups excluding carboxylic acids is 3. The molecule has 2 bridgehead atoms. The predicted octanol–water partition coefficient (Wildman–Crippen LogP) is 5.59. The van der Waals surface area contributed by atoms with E-state index in [1.165, 1.54) is 32.1 Å². The molecular formula is C29H52N2O7. The number of amides is 2. The summed E-state index contributed by atoms with van der Waals surface area (Å²) in [5.41, 5.74) is -1.19. The van der Waals surface area contributed by atoms with Crippen LogP contribution in [0.15, 0.2) is 0 Å². The lowest BCUT2D eigenvalue weighted by atomic mass is 9.77. The molecule has 2 rings (SSSR count). The zero-order valence-electron chi connectivity index (χ0n) is 25.1. The van der Waals surface area contributed by atoms with E-state index in [1.54, 1.807) is 27.7 Å². The molecule has 0 spiro atoms. The lowest BCUT2D eigenvalue weighted by Gasteiger charge is -2.33. The second-order valence-electron chi connectivity index (χ2n) is 13.5. The molecule has 2 saturated carbocycles. The van der Waals surface area contributed by atoms with Crippen molar-refractivity contribution in [3.63, 3.8) is 0 Å². The Labute approximate surface area is 229 Å². The average Bonchev–Trinajstić information content (AvgIpc) is 3.09. The van der Waals surface area contributed by atoms with Gasteiger partial charge in [0.05, 0.1) is 30.7 Å². The zero-order valence-corrected chi connectivity index (χ0v) is 25.1. The monoisotopic (exact) mass is 540 g/mol. The van der Waals surface area contributed by atoms with E-state index >= 15 is 0 Å². The molecule has 38 heavy (non-hydrogen) atoms. The van der Waals surface area contributed by atoms with E-state index in [1.807, 2.05) is 34.6 Å². The van der Waals surface area contributed by atoms with Crippen molar-refractivity contribution >= 4 is 18.2 Å². The van der Waals surface area contributed by atoms with Crippen molar-refractivity contribution < 1.29 is 33.3 Å². The largest absolute Gasteiger partial charge is 0.463 e. The first-order valence-corrected chi connectivity index (χ1v) is 14.3. The summed E-state index contributed by atoms with van der Waals surface area (Å²) < 4.78 is 22.5. The highest BCUT2D eigenvalue weighted by Gasteiger charge is 2.37. The highest BCUT2D eigenvalue weighted by atomic mass is 16.6. The molecule has 0 radical (unpaired) electrons. The molecule has 7 atom stereocenters. The van der Waals surface area contributed by atoms with E-state index in [4.69, 9.17) is 18.9 Å². The number of esters is 1. The van der Waals surface area contributed by atoms with Gasteiger partial charge in [0.2, 0.25) is 0 Å². The summed E-state index contributed by atoms with van der Waals surface area (Å²) in [4.78, 5) is 37.2. The van der Waals surface area contributed by atoms with Crippen LogP contribution >= 0.6 is 0 Å². The molecule has 9 heteroatoms. The van der Waals surface area contributed by atoms with Crippen molar-refractivity contribution in [3.05, 3.63) is 0 Å². The predicted molar refractivity (Wildman–Crippen MR) is 146 cm³/mol. The van der Waals surface area contributed by atoms with E-state index < -0.39 is 35.3 Å². The van der Waals surface area contributed by atoms with Gasteiger partial charge in [-0.15, -0.1) is 0 Å². The van der Waals surface area contributed by atoms with Gasteiger partial charge in [-0.3, -0.25) is 4.79 Å². The highest BCUT2D eigenvalue weighted by Crippen LogP contribution is 2.46. The minimum atomic E-state index is -0.604. The lowest BCUT2D eigenvalue weighted by Crippen LogP contribution is -2.43. The fraction of sp³-hybridized carbons (Fsp3) is 0.897. The van der Waals surface area contributed by atoms with Crippen molar-refractivity contribution in [2.75, 3.05) is 13.2 Å². The third kappa shape index (κ3) is 12.2. The van der Waals surface area contributed by atoms with Crippen LogP contribution in [0, 0.1) is 23.7 Å². The summed E-state index contributed by atoms with van der Waals surface area (Å²) in [6, 6.07) is -0.677. The minimum absolute atomic E-state index is 0.0410. The van der Waals surface area contributed by atoms with Crippen LogP contribution in [0.1, 0.15) is 101 Å². The standard InChI is InChI=1S/C29H52N2O7/c1-18(30-26(33)37-28(4,5)6)16-35-24(15-23-13-21-10-11-22(12-21)14-23)20(3)25(32)36-17-19(2)31-27(34)38-29(7,8)9/h18-24H,10-17H2,1-9H3,(H,30,33)(H,31,34)/t18-,19-,20-,21-,22+,23-,24-/m1/s1. The van der Waals surface area contributed by atoms with Crippen LogP contribution in [0.25, 0.3) is 0 Å². The second-order valence-corrected chi connectivity index (χ2v) is 13.5. The molecule has 2 fully saturated rings. The van der Waals surface area contributed by atoms with E-state index in [2.05, 4.69) is 10.6 Å². The second kappa shape index (κ2) is 13.9. The molecule has 9 nitrogen and oxygen atoms in total. The summed E-state index contributed by atoms with van der Waals surface area (Å²) >= 11 is 0. The summed E-state index contributed by atoms with van der Waals surface area (Å²) in [6.07, 6.45) is 5.73. The first kappa shape index (κ1) is 32.2. The maximum atomic E-state index is 13.0. The van der Waals surface area contributed by atoms with Gasteiger partial charge in [0.1, 0.15) is 17.8 Å². The van der Waals surface area contributed by atoms with Gasteiger partial charge in [-0.1, -0.05) is 12.8 Å². The number of hydrogen-bond donors (Lipinski definition) is 2. The van der Waals surface area contributed by atoms with Gasteiger partial charge >= 0.3 is 18.2 Å². The third-order valence-electron chi connectivity index (χ3n) is 7.04. The fourth-order valence-corrected chi connectivity index (χ4v) is 5.44. The maximum absolute atomic E-state index is 13.0. The lowest BCUT2D eigenvalue weighted by molar-refractivity contribution is -0.155. The molecule has 0 aliphatic heterocycles. The van der Waals surface area contributed by atoms with Gasteiger partial charge in [-0.05, 0) is 106 Å². The molecule has 0 aromatic rings. The van der Waals surface area contributed by atoms with E-state index in [-0.39, 0.29) is 31.3 Å². The molecule has 0 saturated heterocycles. The van der Waals surface area contributed by atoms with Gasteiger partial charge in [0, 0.05) is 0 Å². The molecule has 0 aromatic heterocycles. The van der Waals surface area contributed by atoms with Crippen LogP contribution in [0.2, 0.25) is 0 Å². The Morgan fingerprint density at radius 1 is 0.763 bits per heavy atom. The average molecular weight is 541 g/mol. The molecule has 2 aliphatic rings. The Morgan fingerprint density at radius 2 is 1.24 bits per heavy atom. The summed E-state index contributed by atoms with van der Waals surface area (Å²) in [7, 11) is 0. The van der Waals surface area contributed by atoms with E-state index in [0.29, 0.717) is 5.92 Å². The SMILES string of the molecule is C[C@H](COC(=O)[C@H](C)[C@@H](C[C@@H]1C[C@@H]2CC[C@@H](C2)C1)OC[C@@H](C)NC(=O)OC(C)(C)C)NC(=O)OC(C)(C)C.